The van der Waals surface area contributed by atoms with Gasteiger partial charge in [0, 0.05) is 0 Å². The van der Waals surface area contributed by atoms with Gasteiger partial charge in [-0.05, 0) is 79.7 Å². The normalized spacial score (nSPS) is 25.9. The third-order valence-corrected chi connectivity index (χ3v) is 5.01. The Balaban J connectivity index is 2.20. The molecule has 0 amide bonds. The van der Waals surface area contributed by atoms with Gasteiger partial charge in [-0.3, -0.25) is 4.79 Å². The molecule has 0 aromatic heterocycles. The van der Waals surface area contributed by atoms with Crippen LogP contribution in [0.3, 0.4) is 0 Å². The third-order valence-electron chi connectivity index (χ3n) is 5.01. The molecular formula is C21H28O. The smallest absolute Gasteiger partial charge is 0.143 e. The highest BCUT2D eigenvalue weighted by molar-refractivity contribution is 5.67. The van der Waals surface area contributed by atoms with Gasteiger partial charge < -0.3 is 0 Å². The Kier molecular flexibility index (Phi) is 5.39. The number of hydrogen-bond donors (Lipinski definition) is 0. The lowest BCUT2D eigenvalue weighted by atomic mass is 9.72. The lowest BCUT2D eigenvalue weighted by molar-refractivity contribution is -0.104. The maximum absolute atomic E-state index is 10.5. The van der Waals surface area contributed by atoms with Gasteiger partial charge in [-0.15, -0.1) is 0 Å². The van der Waals surface area contributed by atoms with Crippen LogP contribution in [0.2, 0.25) is 0 Å². The first-order valence-electron chi connectivity index (χ1n) is 8.34. The van der Waals surface area contributed by atoms with Gasteiger partial charge in [0.05, 0.1) is 0 Å². The Bertz CT molecular complexity index is 591. The van der Waals surface area contributed by atoms with E-state index in [-0.39, 0.29) is 0 Å². The number of allylic oxidation sites excluding steroid dienone is 10. The van der Waals surface area contributed by atoms with E-state index in [1.807, 2.05) is 0 Å². The van der Waals surface area contributed by atoms with Crippen LogP contribution in [-0.4, -0.2) is 6.29 Å². The molecule has 0 bridgehead atoms. The zero-order chi connectivity index (χ0) is 16.2. The highest BCUT2D eigenvalue weighted by Gasteiger charge is 2.26. The molecule has 1 heteroatoms. The second-order valence-electron chi connectivity index (χ2n) is 7.18. The van der Waals surface area contributed by atoms with Crippen LogP contribution in [0, 0.1) is 5.41 Å². The summed E-state index contributed by atoms with van der Waals surface area (Å²) in [6.45, 7) is 9.18. The van der Waals surface area contributed by atoms with Crippen molar-refractivity contribution in [2.24, 2.45) is 5.41 Å². The van der Waals surface area contributed by atoms with Gasteiger partial charge >= 0.3 is 0 Å². The fraction of sp³-hybridized carbons (Fsp3) is 0.476. The van der Waals surface area contributed by atoms with Gasteiger partial charge in [0.25, 0.3) is 0 Å². The number of rotatable bonds is 3. The third kappa shape index (κ3) is 3.97. The van der Waals surface area contributed by atoms with Gasteiger partial charge in [-0.25, -0.2) is 0 Å². The lowest BCUT2D eigenvalue weighted by Crippen LogP contribution is -2.19. The summed E-state index contributed by atoms with van der Waals surface area (Å²) in [6.07, 6.45) is 17.2. The molecule has 0 fully saturated rings. The molecule has 0 radical (unpaired) electrons. The summed E-state index contributed by atoms with van der Waals surface area (Å²) < 4.78 is 0. The van der Waals surface area contributed by atoms with E-state index in [4.69, 9.17) is 0 Å². The molecule has 0 heterocycles. The molecule has 22 heavy (non-hydrogen) atoms. The Labute approximate surface area is 135 Å². The van der Waals surface area contributed by atoms with Crippen molar-refractivity contribution < 1.29 is 4.79 Å². The molecule has 118 valence electrons. The summed E-state index contributed by atoms with van der Waals surface area (Å²) in [4.78, 5) is 10.5. The van der Waals surface area contributed by atoms with Crippen LogP contribution >= 0.6 is 0 Å². The van der Waals surface area contributed by atoms with Crippen LogP contribution in [0.5, 0.6) is 0 Å². The van der Waals surface area contributed by atoms with E-state index < -0.39 is 0 Å². The van der Waals surface area contributed by atoms with Crippen molar-refractivity contribution in [1.82, 2.24) is 0 Å². The van der Waals surface area contributed by atoms with Crippen LogP contribution in [0.4, 0.5) is 0 Å². The zero-order valence-electron chi connectivity index (χ0n) is 14.4. The lowest BCUT2D eigenvalue weighted by Gasteiger charge is -2.33. The van der Waals surface area contributed by atoms with Crippen LogP contribution in [0.25, 0.3) is 0 Å². The summed E-state index contributed by atoms with van der Waals surface area (Å²) in [5.74, 6) is 0. The van der Waals surface area contributed by atoms with Crippen LogP contribution in [0.1, 0.15) is 59.8 Å². The first kappa shape index (κ1) is 16.7. The highest BCUT2D eigenvalue weighted by atomic mass is 16.1. The van der Waals surface area contributed by atoms with Gasteiger partial charge in [-0.1, -0.05) is 43.7 Å². The fourth-order valence-electron chi connectivity index (χ4n) is 3.53. The van der Waals surface area contributed by atoms with Crippen molar-refractivity contribution in [2.75, 3.05) is 0 Å². The Morgan fingerprint density at radius 1 is 1.18 bits per heavy atom. The van der Waals surface area contributed by atoms with Crippen molar-refractivity contribution >= 4 is 6.29 Å². The van der Waals surface area contributed by atoms with Crippen molar-refractivity contribution in [3.8, 4) is 0 Å². The van der Waals surface area contributed by atoms with Crippen molar-refractivity contribution in [2.45, 2.75) is 59.8 Å². The minimum atomic E-state index is 0.298. The molecule has 2 aliphatic rings. The minimum absolute atomic E-state index is 0.298. The number of hydrogen-bond acceptors (Lipinski definition) is 1. The van der Waals surface area contributed by atoms with Gasteiger partial charge in [0.1, 0.15) is 6.29 Å². The van der Waals surface area contributed by atoms with Crippen molar-refractivity contribution in [3.63, 3.8) is 0 Å². The summed E-state index contributed by atoms with van der Waals surface area (Å²) >= 11 is 0. The maximum atomic E-state index is 10.5. The molecule has 2 aliphatic carbocycles. The summed E-state index contributed by atoms with van der Waals surface area (Å²) in [5, 5.41) is 0. The van der Waals surface area contributed by atoms with Crippen LogP contribution in [0.15, 0.2) is 58.2 Å². The second-order valence-corrected chi connectivity index (χ2v) is 7.18. The molecule has 0 atom stereocenters. The first-order chi connectivity index (χ1) is 10.4. The Morgan fingerprint density at radius 3 is 2.55 bits per heavy atom. The van der Waals surface area contributed by atoms with E-state index >= 15 is 0 Å². The Morgan fingerprint density at radius 2 is 1.95 bits per heavy atom. The van der Waals surface area contributed by atoms with E-state index in [1.54, 1.807) is 11.6 Å². The van der Waals surface area contributed by atoms with Crippen LogP contribution in [-0.2, 0) is 4.79 Å². The summed E-state index contributed by atoms with van der Waals surface area (Å²) in [5.41, 5.74) is 7.20. The average molecular weight is 296 g/mol. The predicted molar refractivity (Wildman–Crippen MR) is 94.7 cm³/mol. The molecule has 0 saturated heterocycles. The molecule has 0 aromatic carbocycles. The molecule has 2 rings (SSSR count). The average Bonchev–Trinajstić information content (AvgIpc) is 2.47. The maximum Gasteiger partial charge on any atom is 0.143 e. The minimum Gasteiger partial charge on any atom is -0.299 e. The molecular weight excluding hydrogens is 268 g/mol. The fourth-order valence-corrected chi connectivity index (χ4v) is 3.53. The quantitative estimate of drug-likeness (QED) is 0.471. The van der Waals surface area contributed by atoms with E-state index in [0.29, 0.717) is 5.41 Å². The molecule has 1 nitrogen and oxygen atoms in total. The zero-order valence-corrected chi connectivity index (χ0v) is 14.4. The van der Waals surface area contributed by atoms with E-state index in [1.165, 1.54) is 36.0 Å². The van der Waals surface area contributed by atoms with E-state index in [2.05, 4.69) is 52.0 Å². The van der Waals surface area contributed by atoms with Gasteiger partial charge in [0.2, 0.25) is 0 Å². The summed E-state index contributed by atoms with van der Waals surface area (Å²) in [7, 11) is 0. The largest absolute Gasteiger partial charge is 0.299 e. The highest BCUT2D eigenvalue weighted by Crippen LogP contribution is 2.41. The van der Waals surface area contributed by atoms with Crippen molar-refractivity contribution in [1.29, 1.82) is 0 Å². The molecule has 0 unspecified atom stereocenters. The van der Waals surface area contributed by atoms with Crippen molar-refractivity contribution in [3.05, 3.63) is 58.2 Å². The number of aldehydes is 1. The second kappa shape index (κ2) is 7.09. The number of carbonyl (C=O) groups is 1. The van der Waals surface area contributed by atoms with Gasteiger partial charge in [0.15, 0.2) is 0 Å². The molecule has 0 N–H and O–H groups in total. The SMILES string of the molecule is CC1=C(/C=C/C(C)=C2C=C/C(=C/C=O)CC/2)C(C)(C)CCC1. The number of carbonyl (C=O) groups excluding carboxylic acids is 1. The Hall–Kier alpha value is -1.63. The molecule has 0 saturated carbocycles. The van der Waals surface area contributed by atoms with E-state index in [0.717, 1.165) is 24.7 Å². The summed E-state index contributed by atoms with van der Waals surface area (Å²) in [6, 6.07) is 0. The van der Waals surface area contributed by atoms with Crippen LogP contribution < -0.4 is 0 Å². The molecule has 0 aromatic rings. The monoisotopic (exact) mass is 296 g/mol. The molecule has 0 aliphatic heterocycles. The topological polar surface area (TPSA) is 17.1 Å². The molecule has 0 spiro atoms. The van der Waals surface area contributed by atoms with Gasteiger partial charge in [-0.2, -0.15) is 0 Å². The standard InChI is InChI=1S/C21H28O/c1-16(19-10-8-18(9-11-19)13-15-22)7-12-20-17(2)6-5-14-21(20,3)4/h7-8,10,12-13,15H,5-6,9,11,14H2,1-4H3/b12-7+,18-13-,19-16-. The predicted octanol–water partition coefficient (Wildman–Crippen LogP) is 5.86. The first-order valence-corrected chi connectivity index (χ1v) is 8.34. The van der Waals surface area contributed by atoms with E-state index in [9.17, 15) is 4.79 Å².